The maximum atomic E-state index is 6.09. The Kier molecular flexibility index (Phi) is 4.01. The largest absolute Gasteiger partial charge is 0.368 e. The molecule has 2 N–H and O–H groups in total. The van der Waals surface area contributed by atoms with E-state index in [0.29, 0.717) is 11.8 Å². The highest BCUT2D eigenvalue weighted by molar-refractivity contribution is 5.63. The first-order valence-electron chi connectivity index (χ1n) is 8.62. The molecule has 0 aliphatic carbocycles. The van der Waals surface area contributed by atoms with Crippen molar-refractivity contribution in [2.45, 2.75) is 20.4 Å². The number of nitrogen functional groups attached to an aromatic ring is 1. The van der Waals surface area contributed by atoms with Crippen LogP contribution >= 0.6 is 0 Å². The minimum Gasteiger partial charge on any atom is -0.368 e. The molecule has 1 fully saturated rings. The summed E-state index contributed by atoms with van der Waals surface area (Å²) in [7, 11) is 0. The van der Waals surface area contributed by atoms with Crippen molar-refractivity contribution >= 4 is 17.4 Å². The Morgan fingerprint density at radius 1 is 1.00 bits per heavy atom. The van der Waals surface area contributed by atoms with Crippen molar-refractivity contribution in [3.8, 4) is 0 Å². The maximum Gasteiger partial charge on any atom is 0.225 e. The molecule has 3 aromatic rings. The van der Waals surface area contributed by atoms with Crippen molar-refractivity contribution < 1.29 is 0 Å². The second-order valence-electron chi connectivity index (χ2n) is 6.56. The summed E-state index contributed by atoms with van der Waals surface area (Å²) in [6.45, 7) is 8.79. The van der Waals surface area contributed by atoms with E-state index in [1.807, 2.05) is 13.8 Å². The quantitative estimate of drug-likeness (QED) is 0.783. The number of aryl methyl sites for hydroxylation is 2. The summed E-state index contributed by atoms with van der Waals surface area (Å²) in [4.78, 5) is 13.9. The lowest BCUT2D eigenvalue weighted by molar-refractivity contribution is 0.249. The minimum atomic E-state index is 0.392. The number of benzene rings is 1. The van der Waals surface area contributed by atoms with Crippen LogP contribution in [0.15, 0.2) is 30.3 Å². The van der Waals surface area contributed by atoms with Gasteiger partial charge in [0.25, 0.3) is 0 Å². The molecular weight excluding hydrogens is 314 g/mol. The fourth-order valence-corrected chi connectivity index (χ4v) is 3.42. The first-order valence-corrected chi connectivity index (χ1v) is 8.62. The molecule has 2 aromatic heterocycles. The molecule has 1 aliphatic rings. The minimum absolute atomic E-state index is 0.392. The molecule has 25 heavy (non-hydrogen) atoms. The molecule has 0 spiro atoms. The van der Waals surface area contributed by atoms with Gasteiger partial charge in [-0.15, -0.1) is 5.10 Å². The number of hydrogen-bond donors (Lipinski definition) is 1. The average molecular weight is 337 g/mol. The molecule has 7 nitrogen and oxygen atoms in total. The molecule has 7 heteroatoms. The molecule has 1 saturated heterocycles. The first-order chi connectivity index (χ1) is 12.1. The highest BCUT2D eigenvalue weighted by Crippen LogP contribution is 2.24. The van der Waals surface area contributed by atoms with Crippen LogP contribution < -0.4 is 10.6 Å². The van der Waals surface area contributed by atoms with Gasteiger partial charge in [0, 0.05) is 38.3 Å². The summed E-state index contributed by atoms with van der Waals surface area (Å²) < 4.78 is 1.62. The molecule has 1 aliphatic heterocycles. The third-order valence-electron chi connectivity index (χ3n) is 4.74. The number of piperazine rings is 1. The van der Waals surface area contributed by atoms with Crippen molar-refractivity contribution in [2.75, 3.05) is 36.8 Å². The summed E-state index contributed by atoms with van der Waals surface area (Å²) in [5.74, 6) is 2.03. The lowest BCUT2D eigenvalue weighted by Crippen LogP contribution is -2.46. The predicted octanol–water partition coefficient (Wildman–Crippen LogP) is 1.65. The van der Waals surface area contributed by atoms with Crippen LogP contribution in [0, 0.1) is 13.8 Å². The van der Waals surface area contributed by atoms with Gasteiger partial charge in [-0.3, -0.25) is 4.90 Å². The van der Waals surface area contributed by atoms with E-state index in [9.17, 15) is 0 Å². The molecule has 0 saturated carbocycles. The Labute approximate surface area is 147 Å². The zero-order valence-corrected chi connectivity index (χ0v) is 14.7. The Bertz CT molecular complexity index is 879. The van der Waals surface area contributed by atoms with Gasteiger partial charge in [-0.2, -0.15) is 9.50 Å². The van der Waals surface area contributed by atoms with E-state index in [1.54, 1.807) is 4.52 Å². The highest BCUT2D eigenvalue weighted by Gasteiger charge is 2.22. The average Bonchev–Trinajstić information content (AvgIpc) is 3.03. The molecule has 0 bridgehead atoms. The van der Waals surface area contributed by atoms with E-state index >= 15 is 0 Å². The van der Waals surface area contributed by atoms with Crippen molar-refractivity contribution in [3.63, 3.8) is 0 Å². The van der Waals surface area contributed by atoms with Crippen LogP contribution in [0.25, 0.3) is 5.65 Å². The van der Waals surface area contributed by atoms with Crippen molar-refractivity contribution in [1.82, 2.24) is 24.5 Å². The third kappa shape index (κ3) is 3.02. The summed E-state index contributed by atoms with van der Waals surface area (Å²) in [5, 5.41) is 4.31. The second kappa shape index (κ2) is 6.33. The van der Waals surface area contributed by atoms with Gasteiger partial charge in [0.1, 0.15) is 11.6 Å². The summed E-state index contributed by atoms with van der Waals surface area (Å²) in [6.07, 6.45) is 0. The molecule has 0 amide bonds. The van der Waals surface area contributed by atoms with Crippen LogP contribution in [0.3, 0.4) is 0 Å². The number of anilines is 2. The molecular formula is C18H23N7. The number of rotatable bonds is 3. The number of nitrogens with two attached hydrogens (primary N) is 1. The summed E-state index contributed by atoms with van der Waals surface area (Å²) >= 11 is 0. The van der Waals surface area contributed by atoms with E-state index in [2.05, 4.69) is 55.2 Å². The maximum absolute atomic E-state index is 6.09. The fourth-order valence-electron chi connectivity index (χ4n) is 3.42. The van der Waals surface area contributed by atoms with E-state index in [1.165, 1.54) is 5.56 Å². The van der Waals surface area contributed by atoms with Gasteiger partial charge >= 0.3 is 0 Å². The lowest BCUT2D eigenvalue weighted by Gasteiger charge is -2.36. The van der Waals surface area contributed by atoms with Gasteiger partial charge in [-0.05, 0) is 19.4 Å². The lowest BCUT2D eigenvalue weighted by atomic mass is 10.2. The van der Waals surface area contributed by atoms with Gasteiger partial charge in [-0.1, -0.05) is 30.3 Å². The van der Waals surface area contributed by atoms with E-state index in [4.69, 9.17) is 5.73 Å². The summed E-state index contributed by atoms with van der Waals surface area (Å²) in [5.41, 5.74) is 9.28. The Balaban J connectivity index is 1.51. The third-order valence-corrected chi connectivity index (χ3v) is 4.74. The van der Waals surface area contributed by atoms with Gasteiger partial charge in [0.2, 0.25) is 5.95 Å². The van der Waals surface area contributed by atoms with E-state index < -0.39 is 0 Å². The normalized spacial score (nSPS) is 15.8. The monoisotopic (exact) mass is 337 g/mol. The van der Waals surface area contributed by atoms with Gasteiger partial charge in [0.15, 0.2) is 5.65 Å². The van der Waals surface area contributed by atoms with Gasteiger partial charge in [0.05, 0.1) is 0 Å². The standard InChI is InChI=1S/C18H23N7/c1-13-16(21-18(19)25-17(13)20-14(2)22-25)24-10-8-23(9-11-24)12-15-6-4-3-5-7-15/h3-7H,8-12H2,1-2H3,(H2,19,21). The van der Waals surface area contributed by atoms with Crippen molar-refractivity contribution in [1.29, 1.82) is 0 Å². The predicted molar refractivity (Wildman–Crippen MR) is 98.6 cm³/mol. The summed E-state index contributed by atoms with van der Waals surface area (Å²) in [6, 6.07) is 10.6. The van der Waals surface area contributed by atoms with Crippen LogP contribution in [-0.2, 0) is 6.54 Å². The van der Waals surface area contributed by atoms with E-state index in [-0.39, 0.29) is 0 Å². The second-order valence-corrected chi connectivity index (χ2v) is 6.56. The zero-order valence-electron chi connectivity index (χ0n) is 14.7. The van der Waals surface area contributed by atoms with Crippen molar-refractivity contribution in [3.05, 3.63) is 47.3 Å². The highest BCUT2D eigenvalue weighted by atomic mass is 15.4. The number of hydrogen-bond acceptors (Lipinski definition) is 6. The molecule has 0 unspecified atom stereocenters. The smallest absolute Gasteiger partial charge is 0.225 e. The molecule has 0 radical (unpaired) electrons. The van der Waals surface area contributed by atoms with Gasteiger partial charge in [-0.25, -0.2) is 4.98 Å². The number of fused-ring (bicyclic) bond motifs is 1. The zero-order chi connectivity index (χ0) is 17.4. The van der Waals surface area contributed by atoms with Crippen molar-refractivity contribution in [2.24, 2.45) is 0 Å². The number of nitrogens with zero attached hydrogens (tertiary/aromatic N) is 6. The molecule has 1 aromatic carbocycles. The molecule has 3 heterocycles. The van der Waals surface area contributed by atoms with E-state index in [0.717, 1.165) is 49.8 Å². The topological polar surface area (TPSA) is 75.6 Å². The Morgan fingerprint density at radius 3 is 2.44 bits per heavy atom. The first kappa shape index (κ1) is 15.8. The van der Waals surface area contributed by atoms with Crippen LogP contribution in [-0.4, -0.2) is 50.7 Å². The molecule has 4 rings (SSSR count). The Morgan fingerprint density at radius 2 is 1.72 bits per heavy atom. The van der Waals surface area contributed by atoms with Crippen LogP contribution in [0.5, 0.6) is 0 Å². The van der Waals surface area contributed by atoms with Gasteiger partial charge < -0.3 is 10.6 Å². The van der Waals surface area contributed by atoms with Crippen LogP contribution in [0.2, 0.25) is 0 Å². The molecule has 130 valence electrons. The fraction of sp³-hybridized carbons (Fsp3) is 0.389. The Hall–Kier alpha value is -2.67. The van der Waals surface area contributed by atoms with Crippen LogP contribution in [0.4, 0.5) is 11.8 Å². The van der Waals surface area contributed by atoms with Crippen LogP contribution in [0.1, 0.15) is 17.0 Å². The number of aromatic nitrogens is 4. The SMILES string of the molecule is Cc1nc2c(C)c(N3CCN(Cc4ccccc4)CC3)nc(N)n2n1. The molecule has 0 atom stereocenters.